The van der Waals surface area contributed by atoms with Gasteiger partial charge in [0.1, 0.15) is 0 Å². The molecule has 49 heavy (non-hydrogen) atoms. The van der Waals surface area contributed by atoms with Crippen molar-refractivity contribution in [2.45, 2.75) is 0 Å². The zero-order chi connectivity index (χ0) is 36.3. The van der Waals surface area contributed by atoms with Gasteiger partial charge in [0, 0.05) is 7.92 Å². The largest absolute Gasteiger partial charge is 3.00 e. The van der Waals surface area contributed by atoms with Crippen LogP contribution in [0.3, 0.4) is 0 Å². The maximum atomic E-state index is 12.0. The first-order chi connectivity index (χ1) is 22.5. The number of benzene rings is 5. The summed E-state index contributed by atoms with van der Waals surface area (Å²) < 4.78 is 180. The Kier molecular flexibility index (Phi) is 17.2. The Morgan fingerprint density at radius 1 is 0.367 bits per heavy atom. The number of hydrogen-bond acceptors (Lipinski definition) is 0. The van der Waals surface area contributed by atoms with Crippen molar-refractivity contribution in [2.75, 3.05) is 0 Å². The van der Waals surface area contributed by atoms with Crippen molar-refractivity contribution in [3.63, 3.8) is 0 Å². The molecule has 0 spiro atoms. The van der Waals surface area contributed by atoms with E-state index >= 15 is 0 Å². The Hall–Kier alpha value is -4.22. The van der Waals surface area contributed by atoms with Gasteiger partial charge < -0.3 is 0 Å². The van der Waals surface area contributed by atoms with Crippen molar-refractivity contribution in [1.29, 1.82) is 0 Å². The van der Waals surface area contributed by atoms with E-state index in [0.29, 0.717) is 0 Å². The van der Waals surface area contributed by atoms with E-state index in [1.165, 1.54) is 10.6 Å². The quantitative estimate of drug-likeness (QED) is 0.0316. The first kappa shape index (κ1) is 42.8. The van der Waals surface area contributed by atoms with Crippen molar-refractivity contribution < 1.29 is 88.2 Å². The van der Waals surface area contributed by atoms with E-state index in [-0.39, 0.29) is 22.4 Å². The molecule has 0 bridgehead atoms. The minimum Gasteiger partial charge on any atom is -0.278 e. The smallest absolute Gasteiger partial charge is 0.278 e. The van der Waals surface area contributed by atoms with Crippen LogP contribution in [0, 0.1) is 118 Å². The molecule has 5 aromatic rings. The molecule has 5 aromatic carbocycles. The average Bonchev–Trinajstić information content (AvgIpc) is 3.08. The van der Waals surface area contributed by atoms with Crippen LogP contribution in [0.5, 0.6) is 0 Å². The van der Waals surface area contributed by atoms with E-state index < -0.39 is 95.2 Å². The maximum absolute atomic E-state index is 12.0. The van der Waals surface area contributed by atoms with Crippen LogP contribution in [0.4, 0.5) is 65.9 Å². The molecule has 0 saturated heterocycles. The zero-order valence-electron chi connectivity index (χ0n) is 23.3. The summed E-state index contributed by atoms with van der Waals surface area (Å²) >= 11 is 0. The summed E-state index contributed by atoms with van der Waals surface area (Å²) in [5, 5.41) is 2.47. The second-order valence-electron chi connectivity index (χ2n) is 8.22. The second-order valence-corrected chi connectivity index (χ2v) is 10.2. The molecule has 0 aliphatic rings. The first-order valence-corrected chi connectivity index (χ1v) is 13.5. The van der Waals surface area contributed by atoms with Gasteiger partial charge in [-0.25, -0.2) is 39.5 Å². The molecule has 0 atom stereocenters. The zero-order valence-corrected chi connectivity index (χ0v) is 26.3. The minimum absolute atomic E-state index is 0. The van der Waals surface area contributed by atoms with Gasteiger partial charge in [-0.3, -0.25) is 26.3 Å². The SMILES string of the molecule is C#CP(c1ccccc1)c1ccccc1.Fc1[c-]c(F)c(F)c(F)c1F.Fc1[c-]c(F)c(F)c(F)c1F.Fc1[c-]c(F)c(F)c(F)c1F.[Au+3]. The summed E-state index contributed by atoms with van der Waals surface area (Å²) in [6, 6.07) is 23.6. The molecule has 0 N–H and O–H groups in total. The van der Waals surface area contributed by atoms with E-state index in [9.17, 15) is 65.9 Å². The summed E-state index contributed by atoms with van der Waals surface area (Å²) in [5.41, 5.74) is 2.90. The van der Waals surface area contributed by atoms with Gasteiger partial charge in [0.25, 0.3) is 0 Å². The molecule has 0 nitrogen and oxygen atoms in total. The summed E-state index contributed by atoms with van der Waals surface area (Å²) in [5.74, 6) is -30.1. The molecule has 0 heterocycles. The predicted octanol–water partition coefficient (Wildman–Crippen LogP) is 9.25. The molecule has 17 heteroatoms. The van der Waals surface area contributed by atoms with Gasteiger partial charge >= 0.3 is 22.4 Å². The van der Waals surface area contributed by atoms with Gasteiger partial charge in [0.15, 0.2) is 0 Å². The fourth-order valence-corrected chi connectivity index (χ4v) is 4.47. The van der Waals surface area contributed by atoms with Crippen molar-refractivity contribution in [3.8, 4) is 12.1 Å². The van der Waals surface area contributed by atoms with Gasteiger partial charge in [-0.15, -0.1) is 24.6 Å². The molecule has 5 rings (SSSR count). The van der Waals surface area contributed by atoms with Crippen LogP contribution in [0.15, 0.2) is 60.7 Å². The second kappa shape index (κ2) is 19.7. The third-order valence-corrected chi connectivity index (χ3v) is 7.02. The van der Waals surface area contributed by atoms with Gasteiger partial charge in [0.2, 0.25) is 0 Å². The van der Waals surface area contributed by atoms with Crippen molar-refractivity contribution in [3.05, 3.63) is 166 Å². The van der Waals surface area contributed by atoms with Crippen LogP contribution >= 0.6 is 7.92 Å². The molecule has 0 aliphatic heterocycles. The summed E-state index contributed by atoms with van der Waals surface area (Å²) in [6.45, 7) is 0. The summed E-state index contributed by atoms with van der Waals surface area (Å²) in [7, 11) is -0.621. The molecule has 260 valence electrons. The van der Waals surface area contributed by atoms with Crippen LogP contribution in [-0.4, -0.2) is 0 Å². The Balaban J connectivity index is 0.000000328. The van der Waals surface area contributed by atoms with Crippen LogP contribution in [0.2, 0.25) is 0 Å². The molecule has 0 saturated carbocycles. The molecule has 0 aromatic heterocycles. The number of hydrogen-bond donors (Lipinski definition) is 0. The van der Waals surface area contributed by atoms with Gasteiger partial charge in [-0.05, 0) is 10.6 Å². The van der Waals surface area contributed by atoms with Crippen LogP contribution in [0.25, 0.3) is 0 Å². The van der Waals surface area contributed by atoms with Crippen LogP contribution < -0.4 is 10.6 Å². The van der Waals surface area contributed by atoms with Gasteiger partial charge in [-0.2, -0.15) is 0 Å². The molecular formula is C32H11AuF15P. The van der Waals surface area contributed by atoms with Gasteiger partial charge in [0.05, 0.1) is 87.3 Å². The van der Waals surface area contributed by atoms with Crippen molar-refractivity contribution in [2.24, 2.45) is 0 Å². The van der Waals surface area contributed by atoms with E-state index in [1.54, 1.807) is 0 Å². The third-order valence-electron chi connectivity index (χ3n) is 5.13. The topological polar surface area (TPSA) is 0 Å². The molecular weight excluding hydrogens is 897 g/mol. The molecule has 0 unspecified atom stereocenters. The first-order valence-electron chi connectivity index (χ1n) is 12.1. The standard InChI is InChI=1S/C14H11P.3C6F5.Au/c1-2-15(13-9-5-3-6-10-13)14-11-7-4-8-12-14;3*7-2-1-3(8)5(10)6(11)4(2)9;/h1,3-12H;;;;/q;3*-1;+3. The van der Waals surface area contributed by atoms with E-state index in [4.69, 9.17) is 6.42 Å². The summed E-state index contributed by atoms with van der Waals surface area (Å²) in [6.07, 6.45) is 5.62. The molecule has 0 aliphatic carbocycles. The van der Waals surface area contributed by atoms with E-state index in [2.05, 4.69) is 29.9 Å². The summed E-state index contributed by atoms with van der Waals surface area (Å²) in [4.78, 5) is 0. The van der Waals surface area contributed by atoms with Gasteiger partial charge in [-0.1, -0.05) is 66.3 Å². The van der Waals surface area contributed by atoms with Crippen molar-refractivity contribution >= 4 is 18.5 Å². The van der Waals surface area contributed by atoms with Crippen LogP contribution in [-0.2, 0) is 22.4 Å². The normalized spacial score (nSPS) is 9.94. The fraction of sp³-hybridized carbons (Fsp3) is 0. The fourth-order valence-electron chi connectivity index (χ4n) is 2.94. The third kappa shape index (κ3) is 11.4. The number of rotatable bonds is 2. The van der Waals surface area contributed by atoms with Crippen molar-refractivity contribution in [1.82, 2.24) is 0 Å². The Bertz CT molecular complexity index is 1640. The number of terminal acetylenes is 1. The predicted molar refractivity (Wildman–Crippen MR) is 143 cm³/mol. The van der Waals surface area contributed by atoms with E-state index in [0.717, 1.165) is 18.2 Å². The van der Waals surface area contributed by atoms with E-state index in [1.807, 2.05) is 36.4 Å². The Morgan fingerprint density at radius 3 is 0.755 bits per heavy atom. The maximum Gasteiger partial charge on any atom is 3.00 e. The minimum atomic E-state index is -2.17. The Labute approximate surface area is 284 Å². The Morgan fingerprint density at radius 2 is 0.571 bits per heavy atom. The monoisotopic (exact) mass is 908 g/mol. The average molecular weight is 908 g/mol. The molecule has 0 fully saturated rings. The van der Waals surface area contributed by atoms with Crippen LogP contribution in [0.1, 0.15) is 0 Å². The number of halogens is 15. The molecule has 0 radical (unpaired) electrons. The molecule has 0 amide bonds.